The normalized spacial score (nSPS) is 13.2. The van der Waals surface area contributed by atoms with E-state index in [4.69, 9.17) is 0 Å². The molecule has 0 saturated heterocycles. The van der Waals surface area contributed by atoms with E-state index in [0.29, 0.717) is 0 Å². The van der Waals surface area contributed by atoms with Crippen LogP contribution in [0.1, 0.15) is 36.3 Å². The Bertz CT molecular complexity index is 517. The fourth-order valence-electron chi connectivity index (χ4n) is 2.09. The van der Waals surface area contributed by atoms with Crippen LogP contribution in [0.3, 0.4) is 0 Å². The van der Waals surface area contributed by atoms with Gasteiger partial charge >= 0.3 is 0 Å². The van der Waals surface area contributed by atoms with Crippen molar-refractivity contribution < 1.29 is 0 Å². The molecule has 0 fully saturated rings. The largest absolute Gasteiger partial charge is 0.136 e. The molecule has 0 saturated carbocycles. The first kappa shape index (κ1) is 11.4. The molecule has 0 aliphatic heterocycles. The van der Waals surface area contributed by atoms with Crippen LogP contribution in [0.5, 0.6) is 0 Å². The van der Waals surface area contributed by atoms with Crippen molar-refractivity contribution >= 4 is 27.5 Å². The van der Waals surface area contributed by atoms with Crippen molar-refractivity contribution in [3.05, 3.63) is 40.3 Å². The van der Waals surface area contributed by atoms with Crippen molar-refractivity contribution in [1.29, 1.82) is 0 Å². The number of fused-ring (bicyclic) bond motifs is 3. The van der Waals surface area contributed by atoms with E-state index in [1.165, 1.54) is 33.4 Å². The Kier molecular flexibility index (Phi) is 3.45. The SMILES string of the molecule is CC.Cc1ccc2sc3c(c2c1)CCC=C3. The van der Waals surface area contributed by atoms with Crippen LogP contribution in [0.2, 0.25) is 0 Å². The zero-order valence-corrected chi connectivity index (χ0v) is 11.0. The van der Waals surface area contributed by atoms with Gasteiger partial charge in [0.25, 0.3) is 0 Å². The lowest BCUT2D eigenvalue weighted by atomic mass is 10.0. The lowest BCUT2D eigenvalue weighted by Crippen LogP contribution is -1.88. The predicted molar refractivity (Wildman–Crippen MR) is 75.3 cm³/mol. The van der Waals surface area contributed by atoms with Gasteiger partial charge in [0.1, 0.15) is 0 Å². The molecule has 0 radical (unpaired) electrons. The summed E-state index contributed by atoms with van der Waals surface area (Å²) < 4.78 is 1.44. The predicted octanol–water partition coefficient (Wildman–Crippen LogP) is 5.20. The van der Waals surface area contributed by atoms with E-state index in [1.807, 2.05) is 25.2 Å². The summed E-state index contributed by atoms with van der Waals surface area (Å²) in [5.41, 5.74) is 2.93. The van der Waals surface area contributed by atoms with Gasteiger partial charge in [-0.3, -0.25) is 0 Å². The van der Waals surface area contributed by atoms with Crippen LogP contribution in [0.4, 0.5) is 0 Å². The smallest absolute Gasteiger partial charge is 0.0352 e. The van der Waals surface area contributed by atoms with Crippen LogP contribution in [0, 0.1) is 6.92 Å². The van der Waals surface area contributed by atoms with Crippen LogP contribution in [-0.4, -0.2) is 0 Å². The molecular formula is C15H18S. The van der Waals surface area contributed by atoms with Crippen molar-refractivity contribution in [2.45, 2.75) is 33.6 Å². The van der Waals surface area contributed by atoms with Crippen LogP contribution in [0.25, 0.3) is 16.2 Å². The molecule has 0 unspecified atom stereocenters. The molecule has 3 rings (SSSR count). The molecule has 0 spiro atoms. The molecule has 84 valence electrons. The average Bonchev–Trinajstić information content (AvgIpc) is 2.70. The lowest BCUT2D eigenvalue weighted by molar-refractivity contribution is 1.01. The monoisotopic (exact) mass is 230 g/mol. The van der Waals surface area contributed by atoms with Gasteiger partial charge in [-0.1, -0.05) is 37.6 Å². The van der Waals surface area contributed by atoms with E-state index in [9.17, 15) is 0 Å². The summed E-state index contributed by atoms with van der Waals surface area (Å²) in [5, 5.41) is 1.48. The van der Waals surface area contributed by atoms with Crippen molar-refractivity contribution in [3.63, 3.8) is 0 Å². The van der Waals surface area contributed by atoms with Crippen LogP contribution < -0.4 is 0 Å². The Morgan fingerprint density at radius 1 is 1.19 bits per heavy atom. The highest BCUT2D eigenvalue weighted by molar-refractivity contribution is 7.20. The number of allylic oxidation sites excluding steroid dienone is 1. The highest BCUT2D eigenvalue weighted by Gasteiger charge is 2.11. The molecule has 0 nitrogen and oxygen atoms in total. The quantitative estimate of drug-likeness (QED) is 0.584. The summed E-state index contributed by atoms with van der Waals surface area (Å²) in [6.07, 6.45) is 6.98. The molecule has 1 heterocycles. The summed E-state index contributed by atoms with van der Waals surface area (Å²) in [4.78, 5) is 1.47. The second-order valence-corrected chi connectivity index (χ2v) is 4.97. The third kappa shape index (κ3) is 1.92. The second kappa shape index (κ2) is 4.84. The maximum atomic E-state index is 2.32. The number of hydrogen-bond donors (Lipinski definition) is 0. The number of thiophene rings is 1. The molecular weight excluding hydrogens is 212 g/mol. The molecule has 0 atom stereocenters. The highest BCUT2D eigenvalue weighted by Crippen LogP contribution is 2.35. The standard InChI is InChI=1S/C13H12S.C2H6/c1-9-6-7-13-11(8-9)10-4-2-3-5-12(10)14-13;1-2/h3,5-8H,2,4H2,1H3;1-2H3. The third-order valence-electron chi connectivity index (χ3n) is 2.81. The van der Waals surface area contributed by atoms with Gasteiger partial charge in [0.15, 0.2) is 0 Å². The fraction of sp³-hybridized carbons (Fsp3) is 0.333. The minimum atomic E-state index is 1.20. The van der Waals surface area contributed by atoms with Gasteiger partial charge in [-0.15, -0.1) is 11.3 Å². The number of hydrogen-bond acceptors (Lipinski definition) is 1. The highest BCUT2D eigenvalue weighted by atomic mass is 32.1. The van der Waals surface area contributed by atoms with Gasteiger partial charge in [0.05, 0.1) is 0 Å². The average molecular weight is 230 g/mol. The summed E-state index contributed by atoms with van der Waals surface area (Å²) in [6, 6.07) is 6.78. The summed E-state index contributed by atoms with van der Waals surface area (Å²) in [5.74, 6) is 0. The van der Waals surface area contributed by atoms with E-state index in [1.54, 1.807) is 5.56 Å². The van der Waals surface area contributed by atoms with E-state index in [2.05, 4.69) is 37.3 Å². The summed E-state index contributed by atoms with van der Waals surface area (Å²) >= 11 is 1.92. The van der Waals surface area contributed by atoms with Gasteiger partial charge in [-0.2, -0.15) is 0 Å². The zero-order chi connectivity index (χ0) is 11.5. The molecule has 0 bridgehead atoms. The Morgan fingerprint density at radius 2 is 2.00 bits per heavy atom. The lowest BCUT2D eigenvalue weighted by Gasteiger charge is -2.04. The maximum Gasteiger partial charge on any atom is 0.0352 e. The van der Waals surface area contributed by atoms with Gasteiger partial charge in [0, 0.05) is 9.58 Å². The third-order valence-corrected chi connectivity index (χ3v) is 3.99. The fourth-order valence-corrected chi connectivity index (χ4v) is 3.26. The molecule has 1 aliphatic rings. The van der Waals surface area contributed by atoms with Crippen molar-refractivity contribution in [2.24, 2.45) is 0 Å². The van der Waals surface area contributed by atoms with Gasteiger partial charge in [0.2, 0.25) is 0 Å². The molecule has 16 heavy (non-hydrogen) atoms. The minimum Gasteiger partial charge on any atom is -0.136 e. The zero-order valence-electron chi connectivity index (χ0n) is 10.2. The Labute approximate surface area is 102 Å². The van der Waals surface area contributed by atoms with Crippen LogP contribution >= 0.6 is 11.3 Å². The minimum absolute atomic E-state index is 1.20. The summed E-state index contributed by atoms with van der Waals surface area (Å²) in [7, 11) is 0. The topological polar surface area (TPSA) is 0 Å². The van der Waals surface area contributed by atoms with Crippen molar-refractivity contribution in [2.75, 3.05) is 0 Å². The molecule has 1 aromatic carbocycles. The first-order valence-corrected chi connectivity index (χ1v) is 6.85. The first-order valence-electron chi connectivity index (χ1n) is 6.03. The van der Waals surface area contributed by atoms with E-state index < -0.39 is 0 Å². The van der Waals surface area contributed by atoms with E-state index >= 15 is 0 Å². The van der Waals surface area contributed by atoms with E-state index in [-0.39, 0.29) is 0 Å². The van der Waals surface area contributed by atoms with E-state index in [0.717, 1.165) is 0 Å². The second-order valence-electron chi connectivity index (χ2n) is 3.89. The molecule has 0 N–H and O–H groups in total. The Morgan fingerprint density at radius 3 is 2.81 bits per heavy atom. The molecule has 1 aromatic heterocycles. The molecule has 1 heteroatoms. The summed E-state index contributed by atoms with van der Waals surface area (Å²) in [6.45, 7) is 6.17. The van der Waals surface area contributed by atoms with Gasteiger partial charge < -0.3 is 0 Å². The van der Waals surface area contributed by atoms with Gasteiger partial charge in [-0.05, 0) is 42.9 Å². The number of rotatable bonds is 0. The number of benzene rings is 1. The molecule has 0 amide bonds. The van der Waals surface area contributed by atoms with Crippen molar-refractivity contribution in [3.8, 4) is 0 Å². The maximum absolute atomic E-state index is 2.32. The van der Waals surface area contributed by atoms with Crippen LogP contribution in [-0.2, 0) is 6.42 Å². The Balaban J connectivity index is 0.000000457. The molecule has 2 aromatic rings. The van der Waals surface area contributed by atoms with Crippen LogP contribution in [0.15, 0.2) is 24.3 Å². The molecule has 1 aliphatic carbocycles. The Hall–Kier alpha value is -1.08. The van der Waals surface area contributed by atoms with Crippen molar-refractivity contribution in [1.82, 2.24) is 0 Å². The number of aryl methyl sites for hydroxylation is 2. The van der Waals surface area contributed by atoms with Gasteiger partial charge in [-0.25, -0.2) is 0 Å². The first-order chi connectivity index (χ1) is 7.84.